The van der Waals surface area contributed by atoms with Crippen LogP contribution in [0.5, 0.6) is 0 Å². The van der Waals surface area contributed by atoms with E-state index in [1.54, 1.807) is 0 Å². The zero-order chi connectivity index (χ0) is 60.8. The number of imidazole rings is 1. The zero-order valence-electron chi connectivity index (χ0n) is 53.2. The number of hydrogen-bond acceptors (Lipinski definition) is 4. The Labute approximate surface area is 525 Å². The van der Waals surface area contributed by atoms with Crippen molar-refractivity contribution in [3.63, 3.8) is 0 Å². The summed E-state index contributed by atoms with van der Waals surface area (Å²) in [6.07, 6.45) is 8.29. The maximum Gasteiger partial charge on any atom is 0.295 e. The number of hydrogen-bond donors (Lipinski definition) is 0. The number of pyridine rings is 1. The number of likely N-dealkylation sites (N-methyl/N-ethyl adjacent to an activating group) is 1. The molecule has 434 valence electrons. The lowest BCUT2D eigenvalue weighted by Gasteiger charge is -2.39. The molecule has 1 atom stereocenters. The van der Waals surface area contributed by atoms with Crippen molar-refractivity contribution in [2.75, 3.05) is 21.7 Å². The molecular weight excluding hydrogens is 1080 g/mol. The lowest BCUT2D eigenvalue weighted by atomic mass is 9.33. The Bertz CT molecular complexity index is 4870. The summed E-state index contributed by atoms with van der Waals surface area (Å²) < 4.78 is 5.18. The van der Waals surface area contributed by atoms with Gasteiger partial charge in [0.1, 0.15) is 24.4 Å². The largest absolute Gasteiger partial charge is 0.358 e. The van der Waals surface area contributed by atoms with Crippen LogP contribution in [0, 0.1) is 41.5 Å². The molecule has 89 heavy (non-hydrogen) atoms. The second-order valence-corrected chi connectivity index (χ2v) is 26.7. The third-order valence-electron chi connectivity index (χ3n) is 20.4. The van der Waals surface area contributed by atoms with E-state index in [2.05, 4.69) is 318 Å². The van der Waals surface area contributed by atoms with Gasteiger partial charge in [-0.15, -0.1) is 0 Å². The van der Waals surface area contributed by atoms with E-state index < -0.39 is 0 Å². The number of nitrogens with zero attached hydrogens (tertiary/aromatic N) is 6. The number of anilines is 7. The van der Waals surface area contributed by atoms with Gasteiger partial charge in [-0.2, -0.15) is 4.40 Å². The van der Waals surface area contributed by atoms with Gasteiger partial charge in [0, 0.05) is 87.6 Å². The van der Waals surface area contributed by atoms with Crippen molar-refractivity contribution < 1.29 is 4.57 Å². The van der Waals surface area contributed by atoms with Gasteiger partial charge in [-0.1, -0.05) is 205 Å². The summed E-state index contributed by atoms with van der Waals surface area (Å²) in [5.74, 6) is 0.816. The minimum absolute atomic E-state index is 0.103. The summed E-state index contributed by atoms with van der Waals surface area (Å²) in [5, 5.41) is 4.02. The van der Waals surface area contributed by atoms with E-state index in [1.165, 1.54) is 167 Å². The van der Waals surface area contributed by atoms with Crippen molar-refractivity contribution in [2.24, 2.45) is 0 Å². The van der Waals surface area contributed by atoms with Gasteiger partial charge in [0.05, 0.1) is 5.39 Å². The summed E-state index contributed by atoms with van der Waals surface area (Å²) in [7, 11) is 2.19. The molecule has 10 aromatic carbocycles. The van der Waals surface area contributed by atoms with Crippen LogP contribution in [0.1, 0.15) is 95.2 Å². The lowest BCUT2D eigenvalue weighted by molar-refractivity contribution is -0.656. The van der Waals surface area contributed by atoms with E-state index >= 15 is 0 Å². The number of benzene rings is 10. The fourth-order valence-corrected chi connectivity index (χ4v) is 17.0. The number of rotatable bonds is 7. The highest BCUT2D eigenvalue weighted by atomic mass is 15.4. The predicted octanol–water partition coefficient (Wildman–Crippen LogP) is 15.0. The first-order valence-corrected chi connectivity index (χ1v) is 32.2. The topological polar surface area (TPSA) is 21.2 Å². The quantitative estimate of drug-likeness (QED) is 0.0900. The highest BCUT2D eigenvalue weighted by molar-refractivity contribution is 6.99. The maximum absolute atomic E-state index is 2.61. The molecule has 8 heteroatoms. The van der Waals surface area contributed by atoms with Crippen molar-refractivity contribution in [3.05, 3.63) is 268 Å². The average molecular weight is 1150 g/mol. The van der Waals surface area contributed by atoms with Gasteiger partial charge in [0.25, 0.3) is 5.65 Å². The van der Waals surface area contributed by atoms with Crippen molar-refractivity contribution in [1.82, 2.24) is 9.30 Å². The minimum atomic E-state index is 0.103. The smallest absolute Gasteiger partial charge is 0.295 e. The number of fused-ring (bicyclic) bond motifs is 12. The molecule has 0 saturated carbocycles. The van der Waals surface area contributed by atoms with Gasteiger partial charge in [0.15, 0.2) is 5.69 Å². The molecule has 7 heterocycles. The Morgan fingerprint density at radius 3 is 1.54 bits per heavy atom. The van der Waals surface area contributed by atoms with Crippen LogP contribution >= 0.6 is 0 Å². The Morgan fingerprint density at radius 1 is 0.461 bits per heavy atom. The molecule has 12 aromatic rings. The molecule has 0 bridgehead atoms. The first-order valence-electron chi connectivity index (χ1n) is 32.2. The second kappa shape index (κ2) is 20.8. The van der Waals surface area contributed by atoms with Crippen LogP contribution in [0.3, 0.4) is 0 Å². The van der Waals surface area contributed by atoms with E-state index in [0.29, 0.717) is 18.0 Å². The Morgan fingerprint density at radius 2 is 0.966 bits per heavy atom. The Kier molecular flexibility index (Phi) is 12.8. The van der Waals surface area contributed by atoms with E-state index in [0.717, 1.165) is 13.0 Å². The van der Waals surface area contributed by atoms with Gasteiger partial charge in [-0.25, -0.2) is 4.57 Å². The number of para-hydroxylation sites is 5. The lowest BCUT2D eigenvalue weighted by Crippen LogP contribution is -2.60. The SMILES string of the molecule is Cc1cc(C)c(B2c3ccccc3N(c3ccccc3)c3cc4c5ccccc5n5c(-c6c(C(C)C)cccc6C(C)C)c[n+]6c5c4c(c32)C6)c(C)c1.Cc1cc(C)c(B2c3ccccc3N(c3ccccc3)c3ccc4c(c32)CC2N(C)C=CN42)c(C)c1. The van der Waals surface area contributed by atoms with Crippen LogP contribution < -0.4 is 52.0 Å². The Hall–Kier alpha value is -9.52. The zero-order valence-corrected chi connectivity index (χ0v) is 53.2. The predicted molar refractivity (Wildman–Crippen MR) is 379 cm³/mol. The van der Waals surface area contributed by atoms with Gasteiger partial charge in [0.2, 0.25) is 13.4 Å². The molecule has 0 aliphatic carbocycles. The molecule has 5 aliphatic rings. The summed E-state index contributed by atoms with van der Waals surface area (Å²) in [6.45, 7) is 24.1. The van der Waals surface area contributed by atoms with Crippen molar-refractivity contribution in [3.8, 4) is 11.3 Å². The van der Waals surface area contributed by atoms with Crippen molar-refractivity contribution in [1.29, 1.82) is 0 Å². The molecule has 0 N–H and O–H groups in total. The van der Waals surface area contributed by atoms with E-state index in [4.69, 9.17) is 0 Å². The van der Waals surface area contributed by atoms with Crippen LogP contribution in [0.15, 0.2) is 213 Å². The standard InChI is InChI=1S/C49H45BN3.C32H30BN3/c1-29(2)35-19-15-20-36(30(3)4)45(35)44-28-51-27-39-46-38(37-18-11-13-22-41(37)53(44)49(46)51)26-43-48(39)50(47-32(6)24-31(5)25-33(47)7)40-21-12-14-23-42(40)52(43)34-16-9-8-10-17-34;1-21-18-22(2)31(23(3)19-21)33-26-12-8-9-13-28(26)36(24-10-6-5-7-11-24)29-15-14-27-25(32(29)33)20-30-34(4)16-17-35(27)30/h8-26,28-30H,27H2,1-7H3;5-19,30H,20H2,1-4H3/q+1;. The fraction of sp³-hybridized carbons (Fsp3) is 0.198. The number of aryl methyl sites for hydroxylation is 6. The van der Waals surface area contributed by atoms with Crippen molar-refractivity contribution in [2.45, 2.75) is 100 Å². The first-order chi connectivity index (χ1) is 43.2. The Balaban J connectivity index is 0.000000154. The molecular formula is C81H75B2N6+. The molecule has 2 aromatic heterocycles. The molecule has 17 rings (SSSR count). The van der Waals surface area contributed by atoms with Gasteiger partial charge in [-0.3, -0.25) is 0 Å². The summed E-state index contributed by atoms with van der Waals surface area (Å²) in [6, 6.07) is 72.7. The molecule has 1 unspecified atom stereocenters. The number of aromatic nitrogens is 2. The van der Waals surface area contributed by atoms with E-state index in [9.17, 15) is 0 Å². The van der Waals surface area contributed by atoms with E-state index in [1.807, 2.05) is 0 Å². The molecule has 0 spiro atoms. The molecule has 0 saturated heterocycles. The van der Waals surface area contributed by atoms with Crippen molar-refractivity contribution >= 4 is 113 Å². The van der Waals surface area contributed by atoms with Crippen LogP contribution in [-0.4, -0.2) is 35.9 Å². The third kappa shape index (κ3) is 8.28. The van der Waals surface area contributed by atoms with Crippen LogP contribution in [-0.2, 0) is 13.0 Å². The van der Waals surface area contributed by atoms with E-state index in [-0.39, 0.29) is 13.4 Å². The third-order valence-corrected chi connectivity index (χ3v) is 20.4. The highest BCUT2D eigenvalue weighted by Gasteiger charge is 2.46. The highest BCUT2D eigenvalue weighted by Crippen LogP contribution is 2.47. The van der Waals surface area contributed by atoms with Gasteiger partial charge in [-0.05, 0) is 153 Å². The molecule has 5 aliphatic heterocycles. The van der Waals surface area contributed by atoms with Crippen LogP contribution in [0.4, 0.5) is 39.8 Å². The average Bonchev–Trinajstić information content (AvgIpc) is 1.60. The maximum atomic E-state index is 2.61. The second-order valence-electron chi connectivity index (χ2n) is 26.7. The molecule has 6 nitrogen and oxygen atoms in total. The minimum Gasteiger partial charge on any atom is -0.358 e. The van der Waals surface area contributed by atoms with Gasteiger partial charge < -0.3 is 19.6 Å². The van der Waals surface area contributed by atoms with Crippen LogP contribution in [0.2, 0.25) is 0 Å². The van der Waals surface area contributed by atoms with Gasteiger partial charge >= 0.3 is 0 Å². The molecule has 0 fully saturated rings. The monoisotopic (exact) mass is 1150 g/mol. The fourth-order valence-electron chi connectivity index (χ4n) is 17.0. The summed E-state index contributed by atoms with van der Waals surface area (Å²) >= 11 is 0. The van der Waals surface area contributed by atoms with Crippen LogP contribution in [0.25, 0.3) is 38.6 Å². The summed E-state index contributed by atoms with van der Waals surface area (Å²) in [5.41, 5.74) is 36.5. The normalized spacial score (nSPS) is 15.0. The summed E-state index contributed by atoms with van der Waals surface area (Å²) in [4.78, 5) is 9.81. The first kappa shape index (κ1) is 54.8. The molecule has 0 amide bonds. The molecule has 0 radical (unpaired) electrons.